The molecule has 0 atom stereocenters. The van der Waals surface area contributed by atoms with E-state index in [0.717, 1.165) is 8.26 Å². The summed E-state index contributed by atoms with van der Waals surface area (Å²) in [5, 5.41) is 2.74. The molecule has 2 aromatic rings. The minimum absolute atomic E-state index is 0.275. The van der Waals surface area contributed by atoms with Crippen molar-refractivity contribution in [3.63, 3.8) is 0 Å². The molecule has 0 unspecified atom stereocenters. The fraction of sp³-hybridized carbons (Fsp3) is 0.143. The van der Waals surface area contributed by atoms with Crippen LogP contribution in [0.1, 0.15) is 27.0 Å². The Labute approximate surface area is 142 Å². The lowest BCUT2D eigenvalue weighted by atomic mass is 10.2. The van der Waals surface area contributed by atoms with E-state index in [0.29, 0.717) is 16.1 Å². The molecule has 1 amide bonds. The number of rotatable bonds is 4. The van der Waals surface area contributed by atoms with Gasteiger partial charge in [-0.15, -0.1) is 11.3 Å². The van der Waals surface area contributed by atoms with Crippen LogP contribution in [0.2, 0.25) is 0 Å². The second kappa shape index (κ2) is 7.20. The van der Waals surface area contributed by atoms with Crippen molar-refractivity contribution in [3.05, 3.63) is 49.0 Å². The number of hydrogen-bond donors (Lipinski definition) is 1. The first-order valence-corrected chi connectivity index (χ1v) is 8.45. The molecular weight excluding hydrogens is 422 g/mol. The summed E-state index contributed by atoms with van der Waals surface area (Å²) < 4.78 is 6.63. The number of benzene rings is 1. The predicted molar refractivity (Wildman–Crippen MR) is 90.1 cm³/mol. The van der Waals surface area contributed by atoms with Gasteiger partial charge in [-0.1, -0.05) is 12.1 Å². The average Bonchev–Trinajstić information content (AvgIpc) is 2.79. The van der Waals surface area contributed by atoms with E-state index in [9.17, 15) is 9.59 Å². The fourth-order valence-corrected chi connectivity index (χ4v) is 3.55. The Kier molecular flexibility index (Phi) is 5.55. The van der Waals surface area contributed by atoms with Crippen molar-refractivity contribution in [2.24, 2.45) is 0 Å². The van der Waals surface area contributed by atoms with Gasteiger partial charge in [0.15, 0.2) is 0 Å². The Bertz CT molecular complexity index is 665. The highest BCUT2D eigenvalue weighted by Gasteiger charge is 2.16. The number of thiophene rings is 1. The van der Waals surface area contributed by atoms with E-state index in [1.165, 1.54) is 11.3 Å². The first-order chi connectivity index (χ1) is 10.0. The third-order valence-corrected chi connectivity index (χ3v) is 5.79. The zero-order valence-electron chi connectivity index (χ0n) is 11.0. The average molecular weight is 433 g/mol. The Balaban J connectivity index is 2.23. The van der Waals surface area contributed by atoms with Crippen LogP contribution in [0.15, 0.2) is 38.6 Å². The molecule has 0 radical (unpaired) electrons. The monoisotopic (exact) mass is 431 g/mol. The minimum atomic E-state index is -0.457. The highest BCUT2D eigenvalue weighted by atomic mass is 79.9. The quantitative estimate of drug-likeness (QED) is 0.712. The van der Waals surface area contributed by atoms with Gasteiger partial charge in [-0.3, -0.25) is 4.79 Å². The maximum absolute atomic E-state index is 12.2. The highest BCUT2D eigenvalue weighted by molar-refractivity contribution is 9.13. The van der Waals surface area contributed by atoms with Crippen LogP contribution in [0.3, 0.4) is 0 Å². The molecule has 0 saturated heterocycles. The molecule has 2 rings (SSSR count). The van der Waals surface area contributed by atoms with Crippen molar-refractivity contribution in [1.29, 1.82) is 0 Å². The molecule has 0 bridgehead atoms. The minimum Gasteiger partial charge on any atom is -0.462 e. The van der Waals surface area contributed by atoms with Crippen LogP contribution in [0.5, 0.6) is 0 Å². The van der Waals surface area contributed by atoms with Gasteiger partial charge in [0.2, 0.25) is 0 Å². The second-order valence-electron chi connectivity index (χ2n) is 3.95. The van der Waals surface area contributed by atoms with Gasteiger partial charge in [-0.05, 0) is 57.0 Å². The maximum Gasteiger partial charge on any atom is 0.340 e. The molecule has 21 heavy (non-hydrogen) atoms. The van der Waals surface area contributed by atoms with E-state index in [4.69, 9.17) is 4.74 Å². The third kappa shape index (κ3) is 3.93. The molecule has 0 aliphatic rings. The number of amides is 1. The lowest BCUT2D eigenvalue weighted by molar-refractivity contribution is 0.0527. The molecule has 4 nitrogen and oxygen atoms in total. The highest BCUT2D eigenvalue weighted by Crippen LogP contribution is 2.32. The van der Waals surface area contributed by atoms with Gasteiger partial charge >= 0.3 is 5.97 Å². The summed E-state index contributed by atoms with van der Waals surface area (Å²) in [6.45, 7) is 2.02. The molecular formula is C14H11Br2NO3S. The smallest absolute Gasteiger partial charge is 0.340 e. The van der Waals surface area contributed by atoms with Crippen LogP contribution in [-0.2, 0) is 4.74 Å². The standard InChI is InChI=1S/C14H11Br2NO3S/c1-2-20-14(19)8-5-3-4-6-10(8)17-13(18)11-7-9(15)12(16)21-11/h3-7H,2H2,1H3,(H,17,18). The van der Waals surface area contributed by atoms with Crippen molar-refractivity contribution in [2.45, 2.75) is 6.92 Å². The summed E-state index contributed by atoms with van der Waals surface area (Å²) in [5.74, 6) is -0.731. The number of ether oxygens (including phenoxy) is 1. The van der Waals surface area contributed by atoms with Gasteiger partial charge in [0, 0.05) is 4.47 Å². The van der Waals surface area contributed by atoms with Crippen LogP contribution in [0.4, 0.5) is 5.69 Å². The van der Waals surface area contributed by atoms with Crippen molar-refractivity contribution >= 4 is 60.8 Å². The zero-order chi connectivity index (χ0) is 15.4. The molecule has 0 saturated carbocycles. The predicted octanol–water partition coefficient (Wildman–Crippen LogP) is 4.70. The fourth-order valence-electron chi connectivity index (χ4n) is 1.62. The summed E-state index contributed by atoms with van der Waals surface area (Å²) in [7, 11) is 0. The molecule has 0 fully saturated rings. The Morgan fingerprint density at radius 3 is 2.62 bits per heavy atom. The lowest BCUT2D eigenvalue weighted by Gasteiger charge is -2.09. The van der Waals surface area contributed by atoms with E-state index in [-0.39, 0.29) is 12.5 Å². The molecule has 0 spiro atoms. The molecule has 110 valence electrons. The third-order valence-electron chi connectivity index (χ3n) is 2.54. The lowest BCUT2D eigenvalue weighted by Crippen LogP contribution is -2.14. The van der Waals surface area contributed by atoms with Crippen LogP contribution < -0.4 is 5.32 Å². The number of halogens is 2. The van der Waals surface area contributed by atoms with E-state index < -0.39 is 5.97 Å². The van der Waals surface area contributed by atoms with Crippen molar-refractivity contribution in [1.82, 2.24) is 0 Å². The SMILES string of the molecule is CCOC(=O)c1ccccc1NC(=O)c1cc(Br)c(Br)s1. The number of nitrogens with one attached hydrogen (secondary N) is 1. The zero-order valence-corrected chi connectivity index (χ0v) is 15.0. The van der Waals surface area contributed by atoms with E-state index in [1.807, 2.05) is 0 Å². The first-order valence-electron chi connectivity index (χ1n) is 6.05. The molecule has 1 N–H and O–H groups in total. The van der Waals surface area contributed by atoms with Crippen LogP contribution in [-0.4, -0.2) is 18.5 Å². The van der Waals surface area contributed by atoms with Crippen LogP contribution >= 0.6 is 43.2 Å². The van der Waals surface area contributed by atoms with Gasteiger partial charge in [-0.2, -0.15) is 0 Å². The van der Waals surface area contributed by atoms with Gasteiger partial charge in [0.25, 0.3) is 5.91 Å². The van der Waals surface area contributed by atoms with Gasteiger partial charge < -0.3 is 10.1 Å². The summed E-state index contributed by atoms with van der Waals surface area (Å²) in [5.41, 5.74) is 0.768. The number of hydrogen-bond acceptors (Lipinski definition) is 4. The molecule has 1 heterocycles. The Morgan fingerprint density at radius 1 is 1.29 bits per heavy atom. The number of carbonyl (C=O) groups excluding carboxylic acids is 2. The largest absolute Gasteiger partial charge is 0.462 e. The molecule has 0 aliphatic carbocycles. The number of esters is 1. The Morgan fingerprint density at radius 2 is 2.00 bits per heavy atom. The first kappa shape index (κ1) is 16.2. The number of carbonyl (C=O) groups is 2. The van der Waals surface area contributed by atoms with Crippen molar-refractivity contribution in [3.8, 4) is 0 Å². The number of para-hydroxylation sites is 1. The van der Waals surface area contributed by atoms with Crippen LogP contribution in [0, 0.1) is 0 Å². The maximum atomic E-state index is 12.2. The summed E-state index contributed by atoms with van der Waals surface area (Å²) in [6, 6.07) is 8.48. The molecule has 1 aromatic carbocycles. The Hall–Kier alpha value is -1.18. The summed E-state index contributed by atoms with van der Waals surface area (Å²) >= 11 is 7.99. The summed E-state index contributed by atoms with van der Waals surface area (Å²) in [4.78, 5) is 24.6. The number of anilines is 1. The van der Waals surface area contributed by atoms with Crippen molar-refractivity contribution in [2.75, 3.05) is 11.9 Å². The van der Waals surface area contributed by atoms with E-state index in [2.05, 4.69) is 37.2 Å². The van der Waals surface area contributed by atoms with Crippen molar-refractivity contribution < 1.29 is 14.3 Å². The van der Waals surface area contributed by atoms with E-state index in [1.54, 1.807) is 37.3 Å². The summed E-state index contributed by atoms with van der Waals surface area (Å²) in [6.07, 6.45) is 0. The van der Waals surface area contributed by atoms with E-state index >= 15 is 0 Å². The molecule has 0 aliphatic heterocycles. The normalized spacial score (nSPS) is 10.2. The molecule has 7 heteroatoms. The second-order valence-corrected chi connectivity index (χ2v) is 7.18. The molecule has 1 aromatic heterocycles. The van der Waals surface area contributed by atoms with Gasteiger partial charge in [0.05, 0.1) is 26.5 Å². The topological polar surface area (TPSA) is 55.4 Å². The van der Waals surface area contributed by atoms with Gasteiger partial charge in [-0.25, -0.2) is 4.79 Å². The van der Waals surface area contributed by atoms with Crippen LogP contribution in [0.25, 0.3) is 0 Å². The van der Waals surface area contributed by atoms with Gasteiger partial charge in [0.1, 0.15) is 0 Å².